The molecule has 1 aromatic rings. The molecule has 1 fully saturated rings. The first-order valence-corrected chi connectivity index (χ1v) is 7.15. The van der Waals surface area contributed by atoms with Crippen LogP contribution in [0.15, 0.2) is 17.5 Å². The number of nitrogens with zero attached hydrogens (tertiary/aromatic N) is 2. The largest absolute Gasteiger partial charge is 0.386 e. The molecular formula is C13H22N2OS. The maximum Gasteiger partial charge on any atom is 0.101 e. The van der Waals surface area contributed by atoms with Gasteiger partial charge in [-0.1, -0.05) is 6.07 Å². The molecule has 0 saturated carbocycles. The van der Waals surface area contributed by atoms with Crippen molar-refractivity contribution in [2.75, 3.05) is 33.7 Å². The molecule has 1 aliphatic rings. The van der Waals surface area contributed by atoms with Gasteiger partial charge in [0.25, 0.3) is 0 Å². The van der Waals surface area contributed by atoms with Gasteiger partial charge in [0.05, 0.1) is 0 Å². The number of likely N-dealkylation sites (N-methyl/N-ethyl adjacent to an activating group) is 1. The number of rotatable bonds is 4. The van der Waals surface area contributed by atoms with Crippen LogP contribution in [0.1, 0.15) is 23.8 Å². The molecule has 2 rings (SSSR count). The van der Waals surface area contributed by atoms with E-state index in [2.05, 4.69) is 23.9 Å². The summed E-state index contributed by atoms with van der Waals surface area (Å²) in [7, 11) is 4.31. The van der Waals surface area contributed by atoms with Gasteiger partial charge in [-0.3, -0.25) is 0 Å². The SMILES string of the molecule is CN1CCC(N(C)CC(O)c2cccs2)CC1. The Morgan fingerprint density at radius 3 is 2.82 bits per heavy atom. The molecule has 1 aromatic heterocycles. The van der Waals surface area contributed by atoms with E-state index in [-0.39, 0.29) is 6.10 Å². The summed E-state index contributed by atoms with van der Waals surface area (Å²) in [5.74, 6) is 0. The maximum absolute atomic E-state index is 10.1. The van der Waals surface area contributed by atoms with E-state index in [0.29, 0.717) is 6.04 Å². The molecule has 1 aliphatic heterocycles. The maximum atomic E-state index is 10.1. The summed E-state index contributed by atoms with van der Waals surface area (Å²) in [6.07, 6.45) is 2.09. The molecule has 1 unspecified atom stereocenters. The Labute approximate surface area is 108 Å². The number of aliphatic hydroxyl groups excluding tert-OH is 1. The van der Waals surface area contributed by atoms with Crippen LogP contribution < -0.4 is 0 Å². The standard InChI is InChI=1S/C13H22N2OS/c1-14-7-5-11(6-8-14)15(2)10-12(16)13-4-3-9-17-13/h3-4,9,11-12,16H,5-8,10H2,1-2H3. The second-order valence-electron chi connectivity index (χ2n) is 5.01. The van der Waals surface area contributed by atoms with E-state index in [1.807, 2.05) is 17.5 Å². The number of aliphatic hydroxyl groups is 1. The summed E-state index contributed by atoms with van der Waals surface area (Å²) < 4.78 is 0. The van der Waals surface area contributed by atoms with E-state index < -0.39 is 0 Å². The van der Waals surface area contributed by atoms with Gasteiger partial charge in [-0.25, -0.2) is 0 Å². The summed E-state index contributed by atoms with van der Waals surface area (Å²) in [5, 5.41) is 12.1. The lowest BCUT2D eigenvalue weighted by Crippen LogP contribution is -2.43. The van der Waals surface area contributed by atoms with Crippen LogP contribution in [0.3, 0.4) is 0 Å². The highest BCUT2D eigenvalue weighted by Crippen LogP contribution is 2.22. The van der Waals surface area contributed by atoms with Crippen LogP contribution in [-0.2, 0) is 0 Å². The zero-order valence-corrected chi connectivity index (χ0v) is 11.5. The molecular weight excluding hydrogens is 232 g/mol. The van der Waals surface area contributed by atoms with Crippen molar-refractivity contribution in [2.45, 2.75) is 25.0 Å². The molecule has 1 atom stereocenters. The molecule has 1 N–H and O–H groups in total. The van der Waals surface area contributed by atoms with Crippen molar-refractivity contribution in [3.05, 3.63) is 22.4 Å². The molecule has 0 aliphatic carbocycles. The van der Waals surface area contributed by atoms with Crippen LogP contribution in [0, 0.1) is 0 Å². The molecule has 0 amide bonds. The monoisotopic (exact) mass is 254 g/mol. The van der Waals surface area contributed by atoms with Gasteiger partial charge < -0.3 is 14.9 Å². The zero-order valence-electron chi connectivity index (χ0n) is 10.7. The fraction of sp³-hybridized carbons (Fsp3) is 0.692. The molecule has 1 saturated heterocycles. The Balaban J connectivity index is 1.82. The second kappa shape index (κ2) is 5.96. The van der Waals surface area contributed by atoms with Gasteiger partial charge in [0.1, 0.15) is 6.10 Å². The lowest BCUT2D eigenvalue weighted by molar-refractivity contribution is 0.0806. The molecule has 17 heavy (non-hydrogen) atoms. The molecule has 3 nitrogen and oxygen atoms in total. The third-order valence-electron chi connectivity index (χ3n) is 3.64. The van der Waals surface area contributed by atoms with E-state index in [4.69, 9.17) is 0 Å². The minimum absolute atomic E-state index is 0.334. The van der Waals surface area contributed by atoms with Gasteiger partial charge in [-0.05, 0) is 51.5 Å². The van der Waals surface area contributed by atoms with Gasteiger partial charge >= 0.3 is 0 Å². The lowest BCUT2D eigenvalue weighted by atomic mass is 10.0. The fourth-order valence-corrected chi connectivity index (χ4v) is 3.13. The number of thiophene rings is 1. The van der Waals surface area contributed by atoms with Crippen molar-refractivity contribution in [1.29, 1.82) is 0 Å². The molecule has 0 spiro atoms. The first kappa shape index (κ1) is 13.0. The molecule has 0 radical (unpaired) electrons. The van der Waals surface area contributed by atoms with Gasteiger partial charge in [0, 0.05) is 17.5 Å². The summed E-state index contributed by atoms with van der Waals surface area (Å²) in [6, 6.07) is 4.64. The highest BCUT2D eigenvalue weighted by Gasteiger charge is 2.22. The van der Waals surface area contributed by atoms with E-state index in [1.54, 1.807) is 11.3 Å². The van der Waals surface area contributed by atoms with Crippen molar-refractivity contribution in [2.24, 2.45) is 0 Å². The summed E-state index contributed by atoms with van der Waals surface area (Å²) in [5.41, 5.74) is 0. The Kier molecular flexibility index (Phi) is 4.56. The summed E-state index contributed by atoms with van der Waals surface area (Å²) in [4.78, 5) is 5.77. The van der Waals surface area contributed by atoms with Crippen molar-refractivity contribution in [1.82, 2.24) is 9.80 Å². The highest BCUT2D eigenvalue weighted by atomic mass is 32.1. The topological polar surface area (TPSA) is 26.7 Å². The minimum atomic E-state index is -0.334. The smallest absolute Gasteiger partial charge is 0.101 e. The van der Waals surface area contributed by atoms with Crippen LogP contribution in [-0.4, -0.2) is 54.7 Å². The van der Waals surface area contributed by atoms with Crippen LogP contribution in [0.4, 0.5) is 0 Å². The number of hydrogen-bond acceptors (Lipinski definition) is 4. The zero-order chi connectivity index (χ0) is 12.3. The van der Waals surface area contributed by atoms with E-state index >= 15 is 0 Å². The Morgan fingerprint density at radius 1 is 1.53 bits per heavy atom. The first-order valence-electron chi connectivity index (χ1n) is 6.27. The molecule has 0 aromatic carbocycles. The van der Waals surface area contributed by atoms with Crippen molar-refractivity contribution in [3.8, 4) is 0 Å². The molecule has 0 bridgehead atoms. The Morgan fingerprint density at radius 2 is 2.24 bits per heavy atom. The average Bonchev–Trinajstić information content (AvgIpc) is 2.83. The fourth-order valence-electron chi connectivity index (χ4n) is 2.43. The van der Waals surface area contributed by atoms with Gasteiger partial charge in [-0.15, -0.1) is 11.3 Å². The van der Waals surface area contributed by atoms with Crippen LogP contribution in [0.5, 0.6) is 0 Å². The van der Waals surface area contributed by atoms with E-state index in [0.717, 1.165) is 11.4 Å². The number of piperidine rings is 1. The predicted molar refractivity (Wildman–Crippen MR) is 72.4 cm³/mol. The third kappa shape index (κ3) is 3.52. The van der Waals surface area contributed by atoms with Crippen molar-refractivity contribution >= 4 is 11.3 Å². The quantitative estimate of drug-likeness (QED) is 0.887. The van der Waals surface area contributed by atoms with Crippen LogP contribution >= 0.6 is 11.3 Å². The minimum Gasteiger partial charge on any atom is -0.386 e. The second-order valence-corrected chi connectivity index (χ2v) is 5.98. The van der Waals surface area contributed by atoms with E-state index in [1.165, 1.54) is 25.9 Å². The summed E-state index contributed by atoms with van der Waals surface area (Å²) in [6.45, 7) is 3.09. The van der Waals surface area contributed by atoms with Gasteiger partial charge in [0.2, 0.25) is 0 Å². The highest BCUT2D eigenvalue weighted by molar-refractivity contribution is 7.10. The molecule has 96 valence electrons. The number of likely N-dealkylation sites (tertiary alicyclic amines) is 1. The van der Waals surface area contributed by atoms with Gasteiger partial charge in [-0.2, -0.15) is 0 Å². The van der Waals surface area contributed by atoms with Crippen LogP contribution in [0.2, 0.25) is 0 Å². The molecule has 4 heteroatoms. The van der Waals surface area contributed by atoms with Crippen molar-refractivity contribution < 1.29 is 5.11 Å². The Hall–Kier alpha value is -0.420. The van der Waals surface area contributed by atoms with E-state index in [9.17, 15) is 5.11 Å². The van der Waals surface area contributed by atoms with Crippen molar-refractivity contribution in [3.63, 3.8) is 0 Å². The number of hydrogen-bond donors (Lipinski definition) is 1. The lowest BCUT2D eigenvalue weighted by Gasteiger charge is -2.35. The first-order chi connectivity index (χ1) is 8.16. The summed E-state index contributed by atoms with van der Waals surface area (Å²) >= 11 is 1.64. The van der Waals surface area contributed by atoms with Crippen LogP contribution in [0.25, 0.3) is 0 Å². The van der Waals surface area contributed by atoms with Gasteiger partial charge in [0.15, 0.2) is 0 Å². The Bertz CT molecular complexity index is 320. The predicted octanol–water partition coefficient (Wildman–Crippen LogP) is 1.81. The average molecular weight is 254 g/mol. The normalized spacial score (nSPS) is 20.9. The third-order valence-corrected chi connectivity index (χ3v) is 4.62. The molecule has 2 heterocycles.